The van der Waals surface area contributed by atoms with E-state index in [-0.39, 0.29) is 0 Å². The van der Waals surface area contributed by atoms with Crippen LogP contribution in [0.25, 0.3) is 0 Å². The lowest BCUT2D eigenvalue weighted by atomic mass is 9.98. The average Bonchev–Trinajstić information content (AvgIpc) is 2.84. The molecule has 1 aliphatic rings. The Balaban J connectivity index is 2.44. The van der Waals surface area contributed by atoms with Gasteiger partial charge in [-0.3, -0.25) is 9.36 Å². The molecule has 8 nitrogen and oxygen atoms in total. The fourth-order valence-electron chi connectivity index (χ4n) is 2.37. The summed E-state index contributed by atoms with van der Waals surface area (Å²) in [7, 11) is 0. The van der Waals surface area contributed by atoms with Crippen LogP contribution < -0.4 is 11.4 Å². The number of nitrogens with two attached hydrogens (primary N) is 1. The molecule has 1 saturated heterocycles. The summed E-state index contributed by atoms with van der Waals surface area (Å²) in [6, 6.07) is 0. The number of aliphatic hydroxyl groups excluding tert-OH is 1. The van der Waals surface area contributed by atoms with Gasteiger partial charge in [-0.2, -0.15) is 4.98 Å². The molecule has 0 radical (unpaired) electrons. The van der Waals surface area contributed by atoms with E-state index < -0.39 is 65.8 Å². The highest BCUT2D eigenvalue weighted by Crippen LogP contribution is 2.41. The van der Waals surface area contributed by atoms with Gasteiger partial charge in [-0.1, -0.05) is 13.8 Å². The maximum atomic E-state index is 14.9. The van der Waals surface area contributed by atoms with Crippen molar-refractivity contribution in [3.63, 3.8) is 0 Å². The number of nitrogen functional groups attached to an aromatic ring is 1. The highest BCUT2D eigenvalue weighted by Gasteiger charge is 2.58. The topological polar surface area (TPSA) is 117 Å². The van der Waals surface area contributed by atoms with Gasteiger partial charge >= 0.3 is 11.7 Å². The lowest BCUT2D eigenvalue weighted by Gasteiger charge is -2.30. The van der Waals surface area contributed by atoms with Crippen LogP contribution in [0.15, 0.2) is 11.0 Å². The summed E-state index contributed by atoms with van der Waals surface area (Å²) in [5, 5.41) is 9.62. The minimum absolute atomic E-state index is 0.434. The highest BCUT2D eigenvalue weighted by atomic mass is 35.5. The van der Waals surface area contributed by atoms with Crippen molar-refractivity contribution in [2.45, 2.75) is 38.0 Å². The monoisotopic (exact) mass is 381 g/mol. The molecule has 11 heteroatoms. The van der Waals surface area contributed by atoms with Crippen molar-refractivity contribution in [1.29, 1.82) is 0 Å². The van der Waals surface area contributed by atoms with Crippen molar-refractivity contribution in [3.05, 3.63) is 22.5 Å². The fourth-order valence-corrected chi connectivity index (χ4v) is 2.67. The van der Waals surface area contributed by atoms with Crippen LogP contribution in [0.3, 0.4) is 0 Å². The second-order valence-corrected chi connectivity index (χ2v) is 6.25. The zero-order valence-corrected chi connectivity index (χ0v) is 14.2. The van der Waals surface area contributed by atoms with Crippen LogP contribution in [0.1, 0.15) is 20.1 Å². The number of anilines is 1. The first kappa shape index (κ1) is 19.5. The molecule has 1 aliphatic heterocycles. The summed E-state index contributed by atoms with van der Waals surface area (Å²) in [4.78, 5) is 27.0. The van der Waals surface area contributed by atoms with Crippen molar-refractivity contribution >= 4 is 23.4 Å². The summed E-state index contributed by atoms with van der Waals surface area (Å²) >= 11 is 5.80. The Hall–Kier alpha value is -1.78. The number of ether oxygens (including phenoxy) is 2. The minimum Gasteiger partial charge on any atom is -0.456 e. The first-order chi connectivity index (χ1) is 11.7. The number of aliphatic hydroxyl groups is 1. The second-order valence-electron chi connectivity index (χ2n) is 5.99. The predicted octanol–water partition coefficient (Wildman–Crippen LogP) is 0.369. The molecule has 3 N–H and O–H groups in total. The van der Waals surface area contributed by atoms with Crippen molar-refractivity contribution < 1.29 is 28.2 Å². The maximum Gasteiger partial charge on any atom is 0.351 e. The summed E-state index contributed by atoms with van der Waals surface area (Å²) in [6.45, 7) is 2.28. The molecule has 0 bridgehead atoms. The van der Waals surface area contributed by atoms with E-state index >= 15 is 0 Å². The highest BCUT2D eigenvalue weighted by molar-refractivity contribution is 6.18. The molecule has 2 heterocycles. The van der Waals surface area contributed by atoms with E-state index in [1.807, 2.05) is 0 Å². The number of carbonyl (C=O) groups excluding carboxylic acids is 1. The van der Waals surface area contributed by atoms with E-state index in [4.69, 9.17) is 26.8 Å². The standard InChI is InChI=1S/C14H18ClF2N3O5/c1-6(2)12(22)24-9-8(17)11(25-14(9,4-15)5-21)20-3-7(16)10(18)19-13(20)23/h3,6,8-9,11,21H,4-5H2,1-2H3,(H2,18,19,23)/t8-,9-,11+,14+/m0/s1. The van der Waals surface area contributed by atoms with Gasteiger partial charge in [0.05, 0.1) is 24.6 Å². The molecule has 0 aromatic carbocycles. The van der Waals surface area contributed by atoms with Gasteiger partial charge in [0, 0.05) is 0 Å². The predicted molar refractivity (Wildman–Crippen MR) is 83.1 cm³/mol. The fraction of sp³-hybridized carbons (Fsp3) is 0.643. The van der Waals surface area contributed by atoms with Gasteiger partial charge in [0.2, 0.25) is 0 Å². The van der Waals surface area contributed by atoms with E-state index in [9.17, 15) is 23.5 Å². The molecule has 0 spiro atoms. The van der Waals surface area contributed by atoms with Crippen molar-refractivity contribution in [3.8, 4) is 0 Å². The molecule has 140 valence electrons. The Labute approximate surface area is 146 Å². The SMILES string of the molecule is CC(C)C(=O)O[C@H]1[C@H](F)[C@H](n2cc(F)c(N)nc2=O)O[C@@]1(CO)CCl. The molecule has 4 atom stereocenters. The van der Waals surface area contributed by atoms with Crippen LogP contribution in [0.5, 0.6) is 0 Å². The molecule has 0 amide bonds. The van der Waals surface area contributed by atoms with E-state index in [0.29, 0.717) is 10.8 Å². The molecule has 25 heavy (non-hydrogen) atoms. The summed E-state index contributed by atoms with van der Waals surface area (Å²) in [6.07, 6.45) is -4.77. The Morgan fingerprint density at radius 2 is 2.28 bits per heavy atom. The molecular formula is C14H18ClF2N3O5. The van der Waals surface area contributed by atoms with Crippen LogP contribution in [0, 0.1) is 11.7 Å². The Morgan fingerprint density at radius 3 is 2.80 bits per heavy atom. The number of esters is 1. The van der Waals surface area contributed by atoms with E-state index in [1.54, 1.807) is 0 Å². The molecule has 0 saturated carbocycles. The van der Waals surface area contributed by atoms with Crippen molar-refractivity contribution in [1.82, 2.24) is 9.55 Å². The zero-order chi connectivity index (χ0) is 18.9. The van der Waals surface area contributed by atoms with Crippen LogP contribution in [0.4, 0.5) is 14.6 Å². The molecule has 1 aromatic rings. The van der Waals surface area contributed by atoms with Gasteiger partial charge in [0.15, 0.2) is 30.1 Å². The smallest absolute Gasteiger partial charge is 0.351 e. The Morgan fingerprint density at radius 1 is 1.64 bits per heavy atom. The summed E-state index contributed by atoms with van der Waals surface area (Å²) in [5.41, 5.74) is 2.33. The molecule has 2 rings (SSSR count). The number of alkyl halides is 2. The second kappa shape index (κ2) is 7.22. The average molecular weight is 382 g/mol. The largest absolute Gasteiger partial charge is 0.456 e. The van der Waals surface area contributed by atoms with Crippen molar-refractivity contribution in [2.24, 2.45) is 5.92 Å². The normalized spacial score (nSPS) is 29.2. The van der Waals surface area contributed by atoms with Gasteiger partial charge in [0.1, 0.15) is 5.60 Å². The summed E-state index contributed by atoms with van der Waals surface area (Å²) < 4.78 is 39.6. The minimum atomic E-state index is -2.10. The maximum absolute atomic E-state index is 14.9. The number of aromatic nitrogens is 2. The number of rotatable bonds is 5. The first-order valence-corrected chi connectivity index (χ1v) is 7.93. The van der Waals surface area contributed by atoms with Gasteiger partial charge in [-0.25, -0.2) is 13.6 Å². The van der Waals surface area contributed by atoms with Crippen molar-refractivity contribution in [2.75, 3.05) is 18.2 Å². The number of halogens is 3. The van der Waals surface area contributed by atoms with Gasteiger partial charge in [-0.05, 0) is 0 Å². The Bertz CT molecular complexity index is 710. The van der Waals surface area contributed by atoms with E-state index in [0.717, 1.165) is 0 Å². The third-order valence-corrected chi connectivity index (χ3v) is 4.30. The van der Waals surface area contributed by atoms with E-state index in [1.165, 1.54) is 13.8 Å². The lowest BCUT2D eigenvalue weighted by Crippen LogP contribution is -2.50. The molecule has 1 fully saturated rings. The number of carbonyl (C=O) groups is 1. The molecule has 1 aromatic heterocycles. The van der Waals surface area contributed by atoms with Crippen LogP contribution in [-0.4, -0.2) is 51.0 Å². The third kappa shape index (κ3) is 3.46. The van der Waals surface area contributed by atoms with Gasteiger partial charge < -0.3 is 20.3 Å². The van der Waals surface area contributed by atoms with Crippen LogP contribution >= 0.6 is 11.6 Å². The van der Waals surface area contributed by atoms with Crippen LogP contribution in [0.2, 0.25) is 0 Å². The molecule has 0 aliphatic carbocycles. The summed E-state index contributed by atoms with van der Waals surface area (Å²) in [5.74, 6) is -3.46. The first-order valence-electron chi connectivity index (χ1n) is 7.40. The quantitative estimate of drug-likeness (QED) is 0.559. The van der Waals surface area contributed by atoms with Gasteiger partial charge in [0.25, 0.3) is 0 Å². The number of hydrogen-bond donors (Lipinski definition) is 2. The van der Waals surface area contributed by atoms with Gasteiger partial charge in [-0.15, -0.1) is 11.6 Å². The number of hydrogen-bond acceptors (Lipinski definition) is 7. The third-order valence-electron chi connectivity index (χ3n) is 3.85. The number of nitrogens with zero attached hydrogens (tertiary/aromatic N) is 2. The van der Waals surface area contributed by atoms with E-state index in [2.05, 4.69) is 4.98 Å². The zero-order valence-electron chi connectivity index (χ0n) is 13.5. The molecule has 0 unspecified atom stereocenters. The lowest BCUT2D eigenvalue weighted by molar-refractivity contribution is -0.168. The Kier molecular flexibility index (Phi) is 5.65. The molecular weight excluding hydrogens is 364 g/mol. The van der Waals surface area contributed by atoms with Crippen LogP contribution in [-0.2, 0) is 14.3 Å².